The molecule has 3 nitrogen and oxygen atoms in total. The van der Waals surface area contributed by atoms with E-state index < -0.39 is 0 Å². The Morgan fingerprint density at radius 3 is 3.17 bits per heavy atom. The Morgan fingerprint density at radius 1 is 1.58 bits per heavy atom. The smallest absolute Gasteiger partial charge is 0.0593 e. The van der Waals surface area contributed by atoms with Gasteiger partial charge >= 0.3 is 0 Å². The third-order valence-electron chi connectivity index (χ3n) is 2.20. The zero-order valence-electron chi connectivity index (χ0n) is 7.96. The van der Waals surface area contributed by atoms with Crippen LogP contribution in [-0.2, 0) is 4.74 Å². The second-order valence-corrected chi connectivity index (χ2v) is 3.62. The minimum Gasteiger partial charge on any atom is -0.380 e. The normalized spacial score (nSPS) is 27.0. The molecule has 0 bridgehead atoms. The highest BCUT2D eigenvalue weighted by Crippen LogP contribution is 2.05. The van der Waals surface area contributed by atoms with Gasteiger partial charge < -0.3 is 15.4 Å². The molecule has 1 atom stereocenters. The molecule has 0 amide bonds. The Morgan fingerprint density at radius 2 is 2.42 bits per heavy atom. The van der Waals surface area contributed by atoms with Crippen molar-refractivity contribution in [1.82, 2.24) is 4.90 Å². The quantitative estimate of drug-likeness (QED) is 0.665. The molecule has 0 aliphatic carbocycles. The summed E-state index contributed by atoms with van der Waals surface area (Å²) in [5, 5.41) is 0. The molecule has 3 heteroatoms. The summed E-state index contributed by atoms with van der Waals surface area (Å²) in [6, 6.07) is 0. The van der Waals surface area contributed by atoms with E-state index in [4.69, 9.17) is 10.5 Å². The molecular formula is C9H20N2O. The number of nitrogens with zero attached hydrogens (tertiary/aromatic N) is 1. The second kappa shape index (κ2) is 5.51. The van der Waals surface area contributed by atoms with Crippen LogP contribution in [0.15, 0.2) is 0 Å². The number of ether oxygens (including phenoxy) is 1. The SMILES string of the molecule is CC1COCCN(CCCN)C1. The van der Waals surface area contributed by atoms with Crippen LogP contribution < -0.4 is 5.73 Å². The van der Waals surface area contributed by atoms with Gasteiger partial charge in [-0.15, -0.1) is 0 Å². The summed E-state index contributed by atoms with van der Waals surface area (Å²) in [5.41, 5.74) is 5.46. The van der Waals surface area contributed by atoms with E-state index in [1.807, 2.05) is 0 Å². The van der Waals surface area contributed by atoms with Crippen LogP contribution in [0.5, 0.6) is 0 Å². The second-order valence-electron chi connectivity index (χ2n) is 3.62. The van der Waals surface area contributed by atoms with E-state index in [9.17, 15) is 0 Å². The molecule has 2 N–H and O–H groups in total. The lowest BCUT2D eigenvalue weighted by Gasteiger charge is -2.20. The Balaban J connectivity index is 2.21. The third kappa shape index (κ3) is 3.52. The van der Waals surface area contributed by atoms with E-state index in [-0.39, 0.29) is 0 Å². The van der Waals surface area contributed by atoms with Crippen molar-refractivity contribution in [3.63, 3.8) is 0 Å². The molecule has 0 aromatic carbocycles. The van der Waals surface area contributed by atoms with Crippen molar-refractivity contribution in [1.29, 1.82) is 0 Å². The molecule has 1 fully saturated rings. The van der Waals surface area contributed by atoms with Crippen LogP contribution in [0.2, 0.25) is 0 Å². The van der Waals surface area contributed by atoms with Crippen molar-refractivity contribution in [3.05, 3.63) is 0 Å². The molecule has 72 valence electrons. The third-order valence-corrected chi connectivity index (χ3v) is 2.20. The summed E-state index contributed by atoms with van der Waals surface area (Å²) in [6.45, 7) is 8.20. The summed E-state index contributed by atoms with van der Waals surface area (Å²) in [6.07, 6.45) is 1.10. The lowest BCUT2D eigenvalue weighted by atomic mass is 10.2. The molecule has 0 radical (unpaired) electrons. The summed E-state index contributed by atoms with van der Waals surface area (Å²) >= 11 is 0. The Hall–Kier alpha value is -0.120. The van der Waals surface area contributed by atoms with Gasteiger partial charge in [-0.3, -0.25) is 0 Å². The molecule has 0 saturated carbocycles. The Kier molecular flexibility index (Phi) is 4.58. The molecule has 1 aliphatic rings. The first-order chi connectivity index (χ1) is 5.83. The van der Waals surface area contributed by atoms with Crippen molar-refractivity contribution in [2.75, 3.05) is 39.4 Å². The highest BCUT2D eigenvalue weighted by atomic mass is 16.5. The van der Waals surface area contributed by atoms with Gasteiger partial charge in [0.2, 0.25) is 0 Å². The molecule has 1 rings (SSSR count). The van der Waals surface area contributed by atoms with Crippen LogP contribution in [0.3, 0.4) is 0 Å². The fourth-order valence-corrected chi connectivity index (χ4v) is 1.58. The zero-order chi connectivity index (χ0) is 8.81. The van der Waals surface area contributed by atoms with Gasteiger partial charge in [-0.25, -0.2) is 0 Å². The Labute approximate surface area is 74.9 Å². The molecule has 1 unspecified atom stereocenters. The van der Waals surface area contributed by atoms with E-state index in [2.05, 4.69) is 11.8 Å². The fourth-order valence-electron chi connectivity index (χ4n) is 1.58. The molecule has 0 aromatic rings. The van der Waals surface area contributed by atoms with Crippen LogP contribution >= 0.6 is 0 Å². The molecular weight excluding hydrogens is 152 g/mol. The number of nitrogens with two attached hydrogens (primary N) is 1. The van der Waals surface area contributed by atoms with Crippen LogP contribution in [-0.4, -0.2) is 44.3 Å². The standard InChI is InChI=1S/C9H20N2O/c1-9-7-11(4-2-3-10)5-6-12-8-9/h9H,2-8,10H2,1H3. The van der Waals surface area contributed by atoms with Gasteiger partial charge in [0.1, 0.15) is 0 Å². The van der Waals surface area contributed by atoms with Crippen molar-refractivity contribution < 1.29 is 4.74 Å². The lowest BCUT2D eigenvalue weighted by molar-refractivity contribution is 0.126. The van der Waals surface area contributed by atoms with Gasteiger partial charge in [-0.1, -0.05) is 6.92 Å². The van der Waals surface area contributed by atoms with Crippen LogP contribution in [0.1, 0.15) is 13.3 Å². The maximum absolute atomic E-state index is 5.46. The minimum atomic E-state index is 0.672. The van der Waals surface area contributed by atoms with E-state index in [0.29, 0.717) is 5.92 Å². The maximum atomic E-state index is 5.46. The highest BCUT2D eigenvalue weighted by molar-refractivity contribution is 4.66. The molecule has 0 aromatic heterocycles. The first-order valence-electron chi connectivity index (χ1n) is 4.83. The van der Waals surface area contributed by atoms with E-state index in [1.54, 1.807) is 0 Å². The van der Waals surface area contributed by atoms with Gasteiger partial charge in [-0.2, -0.15) is 0 Å². The first kappa shape index (κ1) is 9.96. The average Bonchev–Trinajstić information content (AvgIpc) is 2.26. The maximum Gasteiger partial charge on any atom is 0.0593 e. The number of rotatable bonds is 3. The minimum absolute atomic E-state index is 0.672. The van der Waals surface area contributed by atoms with Gasteiger partial charge in [-0.05, 0) is 25.4 Å². The summed E-state index contributed by atoms with van der Waals surface area (Å²) in [7, 11) is 0. The fraction of sp³-hybridized carbons (Fsp3) is 1.00. The highest BCUT2D eigenvalue weighted by Gasteiger charge is 2.13. The van der Waals surface area contributed by atoms with Crippen molar-refractivity contribution in [2.24, 2.45) is 11.7 Å². The summed E-state index contributed by atoms with van der Waals surface area (Å²) in [5.74, 6) is 0.672. The lowest BCUT2D eigenvalue weighted by Crippen LogP contribution is -2.31. The van der Waals surface area contributed by atoms with Gasteiger partial charge in [0, 0.05) is 13.1 Å². The zero-order valence-corrected chi connectivity index (χ0v) is 7.96. The molecule has 1 saturated heterocycles. The summed E-state index contributed by atoms with van der Waals surface area (Å²) in [4.78, 5) is 2.45. The molecule has 12 heavy (non-hydrogen) atoms. The first-order valence-corrected chi connectivity index (χ1v) is 4.83. The van der Waals surface area contributed by atoms with Crippen LogP contribution in [0.4, 0.5) is 0 Å². The van der Waals surface area contributed by atoms with E-state index in [1.165, 1.54) is 6.54 Å². The van der Waals surface area contributed by atoms with Gasteiger partial charge in [0.05, 0.1) is 13.2 Å². The largest absolute Gasteiger partial charge is 0.380 e. The topological polar surface area (TPSA) is 38.5 Å². The van der Waals surface area contributed by atoms with Crippen molar-refractivity contribution in [2.45, 2.75) is 13.3 Å². The Bertz CT molecular complexity index is 119. The molecule has 1 heterocycles. The molecule has 0 spiro atoms. The van der Waals surface area contributed by atoms with Crippen LogP contribution in [0.25, 0.3) is 0 Å². The van der Waals surface area contributed by atoms with Crippen molar-refractivity contribution >= 4 is 0 Å². The number of hydrogen-bond donors (Lipinski definition) is 1. The predicted octanol–water partition coefficient (Wildman–Crippen LogP) is 0.304. The molecule has 1 aliphatic heterocycles. The monoisotopic (exact) mass is 172 g/mol. The average molecular weight is 172 g/mol. The predicted molar refractivity (Wildman–Crippen MR) is 50.1 cm³/mol. The van der Waals surface area contributed by atoms with E-state index >= 15 is 0 Å². The van der Waals surface area contributed by atoms with Crippen LogP contribution in [0, 0.1) is 5.92 Å². The summed E-state index contributed by atoms with van der Waals surface area (Å²) < 4.78 is 5.44. The van der Waals surface area contributed by atoms with Gasteiger partial charge in [0.25, 0.3) is 0 Å². The number of hydrogen-bond acceptors (Lipinski definition) is 3. The van der Waals surface area contributed by atoms with Crippen molar-refractivity contribution in [3.8, 4) is 0 Å². The van der Waals surface area contributed by atoms with E-state index in [0.717, 1.165) is 39.3 Å². The van der Waals surface area contributed by atoms with Gasteiger partial charge in [0.15, 0.2) is 0 Å².